The summed E-state index contributed by atoms with van der Waals surface area (Å²) in [5.41, 5.74) is 3.52. The van der Waals surface area contributed by atoms with Gasteiger partial charge in [0.25, 0.3) is 0 Å². The van der Waals surface area contributed by atoms with Crippen molar-refractivity contribution >= 4 is 65.6 Å². The van der Waals surface area contributed by atoms with Crippen LogP contribution in [0.25, 0.3) is 0 Å². The number of carboxylic acid groups (broad SMARTS) is 2. The summed E-state index contributed by atoms with van der Waals surface area (Å²) in [4.78, 5) is 72.3. The largest absolute Gasteiger partial charge is 0.548 e. The van der Waals surface area contributed by atoms with Crippen LogP contribution in [0.4, 0.5) is 5.69 Å². The molecule has 1 aromatic rings. The predicted molar refractivity (Wildman–Crippen MR) is 120 cm³/mol. The first-order chi connectivity index (χ1) is 16.9. The van der Waals surface area contributed by atoms with Crippen molar-refractivity contribution in [3.8, 4) is 0 Å². The minimum Gasteiger partial charge on any atom is -0.548 e. The molecule has 36 heavy (non-hydrogen) atoms. The highest BCUT2D eigenvalue weighted by atomic mass is 32.2. The van der Waals surface area contributed by atoms with Crippen molar-refractivity contribution in [2.45, 2.75) is 36.6 Å². The lowest BCUT2D eigenvalue weighted by Crippen LogP contribution is -2.68. The Hall–Kier alpha value is -3.47. The number of rotatable bonds is 13. The highest BCUT2D eigenvalue weighted by Gasteiger charge is 2.40. The second-order valence-electron chi connectivity index (χ2n) is 7.83. The Balaban J connectivity index is 2.07. The number of carboxylic acids is 2. The van der Waals surface area contributed by atoms with Crippen molar-refractivity contribution in [1.29, 1.82) is 0 Å². The molecular formula is C20H24BN4O10S-. The van der Waals surface area contributed by atoms with E-state index in [-0.39, 0.29) is 36.2 Å². The fourth-order valence-corrected chi connectivity index (χ4v) is 4.37. The minimum atomic E-state index is -1.81. The average molecular weight is 523 g/mol. The zero-order valence-electron chi connectivity index (χ0n) is 18.9. The van der Waals surface area contributed by atoms with E-state index in [2.05, 4.69) is 16.4 Å². The Bertz CT molecular complexity index is 1040. The van der Waals surface area contributed by atoms with Crippen LogP contribution in [0, 0.1) is 0 Å². The van der Waals surface area contributed by atoms with E-state index < -0.39 is 66.6 Å². The molecule has 16 heteroatoms. The summed E-state index contributed by atoms with van der Waals surface area (Å²) in [6, 6.07) is 3.08. The van der Waals surface area contributed by atoms with Crippen molar-refractivity contribution in [2.75, 3.05) is 17.2 Å². The monoisotopic (exact) mass is 523 g/mol. The number of benzene rings is 1. The van der Waals surface area contributed by atoms with Crippen LogP contribution in [0.3, 0.4) is 0 Å². The normalized spacial score (nSPS) is 16.9. The number of anilines is 1. The molecule has 0 bridgehead atoms. The SMILES string of the molecule is [NH3+]C(CCC(=O)NC(CSC1CC(=O)N(c2cccc(B(O)O)c2)C1=O)C(=O)NCC(=O)[O-])C(=O)[O-]. The molecular weight excluding hydrogens is 499 g/mol. The topological polar surface area (TPSA) is 244 Å². The van der Waals surface area contributed by atoms with E-state index in [9.17, 15) is 49.0 Å². The molecule has 1 saturated heterocycles. The quantitative estimate of drug-likeness (QED) is 0.120. The zero-order chi connectivity index (χ0) is 27.0. The second kappa shape index (κ2) is 13.0. The van der Waals surface area contributed by atoms with Crippen LogP contribution in [0.2, 0.25) is 0 Å². The molecule has 1 aromatic carbocycles. The maximum absolute atomic E-state index is 12.9. The van der Waals surface area contributed by atoms with Crippen LogP contribution in [-0.2, 0) is 28.8 Å². The smallest absolute Gasteiger partial charge is 0.488 e. The molecule has 0 aliphatic carbocycles. The number of carbonyl (C=O) groups is 6. The number of nitrogens with zero attached hydrogens (tertiary/aromatic N) is 1. The molecule has 14 nitrogen and oxygen atoms in total. The van der Waals surface area contributed by atoms with Gasteiger partial charge in [-0.25, -0.2) is 4.90 Å². The summed E-state index contributed by atoms with van der Waals surface area (Å²) < 4.78 is 0. The molecule has 3 unspecified atom stereocenters. The van der Waals surface area contributed by atoms with Crippen LogP contribution in [0.1, 0.15) is 19.3 Å². The molecule has 3 atom stereocenters. The van der Waals surface area contributed by atoms with Gasteiger partial charge in [-0.3, -0.25) is 19.2 Å². The van der Waals surface area contributed by atoms with E-state index in [1.54, 1.807) is 0 Å². The predicted octanol–water partition coefficient (Wildman–Crippen LogP) is -6.78. The first kappa shape index (κ1) is 28.8. The number of aliphatic carboxylic acids is 2. The minimum absolute atomic E-state index is 0.0692. The van der Waals surface area contributed by atoms with E-state index in [4.69, 9.17) is 0 Å². The molecule has 0 saturated carbocycles. The first-order valence-corrected chi connectivity index (χ1v) is 11.7. The average Bonchev–Trinajstić information content (AvgIpc) is 3.11. The number of hydrogen-bond donors (Lipinski definition) is 5. The van der Waals surface area contributed by atoms with Crippen LogP contribution < -0.4 is 36.9 Å². The van der Waals surface area contributed by atoms with Crippen molar-refractivity contribution in [3.05, 3.63) is 24.3 Å². The van der Waals surface area contributed by atoms with Gasteiger partial charge in [-0.05, 0) is 17.6 Å². The Morgan fingerprint density at radius 3 is 2.53 bits per heavy atom. The van der Waals surface area contributed by atoms with Gasteiger partial charge in [0.2, 0.25) is 23.6 Å². The van der Waals surface area contributed by atoms with Crippen molar-refractivity contribution in [3.63, 3.8) is 0 Å². The number of quaternary nitrogens is 1. The summed E-state index contributed by atoms with van der Waals surface area (Å²) in [6.07, 6.45) is -0.703. The molecule has 0 spiro atoms. The number of hydrogen-bond acceptors (Lipinski definition) is 11. The molecule has 1 aliphatic rings. The molecule has 0 aromatic heterocycles. The van der Waals surface area contributed by atoms with Gasteiger partial charge in [0.05, 0.1) is 29.4 Å². The molecule has 0 radical (unpaired) electrons. The number of nitrogens with one attached hydrogen (secondary N) is 2. The van der Waals surface area contributed by atoms with Crippen molar-refractivity contribution in [2.24, 2.45) is 0 Å². The fraction of sp³-hybridized carbons (Fsp3) is 0.400. The number of thioether (sulfide) groups is 1. The maximum Gasteiger partial charge on any atom is 0.488 e. The Kier molecular flexibility index (Phi) is 10.4. The van der Waals surface area contributed by atoms with Crippen LogP contribution in [-0.4, -0.2) is 82.4 Å². The van der Waals surface area contributed by atoms with E-state index >= 15 is 0 Å². The van der Waals surface area contributed by atoms with E-state index in [1.165, 1.54) is 24.3 Å². The molecule has 194 valence electrons. The summed E-state index contributed by atoms with van der Waals surface area (Å²) in [6.45, 7) is -0.830. The van der Waals surface area contributed by atoms with Gasteiger partial charge in [-0.1, -0.05) is 12.1 Å². The van der Waals surface area contributed by atoms with E-state index in [1.807, 2.05) is 0 Å². The van der Waals surface area contributed by atoms with E-state index in [0.717, 1.165) is 16.7 Å². The van der Waals surface area contributed by atoms with Gasteiger partial charge in [0.15, 0.2) is 0 Å². The summed E-state index contributed by atoms with van der Waals surface area (Å²) in [5.74, 6) is -6.02. The molecule has 2 rings (SSSR count). The van der Waals surface area contributed by atoms with Gasteiger partial charge < -0.3 is 46.2 Å². The van der Waals surface area contributed by atoms with Gasteiger partial charge in [0, 0.05) is 25.0 Å². The number of amides is 4. The first-order valence-electron chi connectivity index (χ1n) is 10.7. The van der Waals surface area contributed by atoms with E-state index in [0.29, 0.717) is 0 Å². The maximum atomic E-state index is 12.9. The standard InChI is InChI=1S/C20H25BN4O10S/c22-12(20(32)33)4-5-15(26)24-13(18(30)23-8-17(28)29)9-36-14-7-16(27)25(19(14)31)11-3-1-2-10(6-11)21(34)35/h1-3,6,12-14,34-35H,4-5,7-9,22H2,(H,23,30)(H,24,26)(H,28,29)(H,32,33)/p-1. The van der Waals surface area contributed by atoms with Crippen molar-refractivity contribution in [1.82, 2.24) is 10.6 Å². The Morgan fingerprint density at radius 1 is 1.22 bits per heavy atom. The van der Waals surface area contributed by atoms with Gasteiger partial charge >= 0.3 is 7.12 Å². The zero-order valence-corrected chi connectivity index (χ0v) is 19.7. The van der Waals surface area contributed by atoms with Crippen molar-refractivity contribution < 1.29 is 54.8 Å². The fourth-order valence-electron chi connectivity index (χ4n) is 3.20. The molecule has 4 amide bonds. The Morgan fingerprint density at radius 2 is 1.92 bits per heavy atom. The third kappa shape index (κ3) is 8.05. The highest BCUT2D eigenvalue weighted by Crippen LogP contribution is 2.29. The summed E-state index contributed by atoms with van der Waals surface area (Å²) in [7, 11) is -1.81. The van der Waals surface area contributed by atoms with Crippen LogP contribution in [0.15, 0.2) is 24.3 Å². The summed E-state index contributed by atoms with van der Waals surface area (Å²) >= 11 is 0.881. The Labute approximate surface area is 209 Å². The molecule has 7 N–H and O–H groups in total. The lowest BCUT2D eigenvalue weighted by molar-refractivity contribution is -0.438. The molecule has 1 aliphatic heterocycles. The van der Waals surface area contributed by atoms with Crippen LogP contribution in [0.5, 0.6) is 0 Å². The van der Waals surface area contributed by atoms with Crippen LogP contribution >= 0.6 is 11.8 Å². The van der Waals surface area contributed by atoms with Gasteiger partial charge in [-0.15, -0.1) is 11.8 Å². The molecule has 1 heterocycles. The lowest BCUT2D eigenvalue weighted by Gasteiger charge is -2.20. The van der Waals surface area contributed by atoms with Gasteiger partial charge in [-0.2, -0.15) is 0 Å². The number of carbonyl (C=O) groups excluding carboxylic acids is 6. The molecule has 1 fully saturated rings. The number of imide groups is 1. The highest BCUT2D eigenvalue weighted by molar-refractivity contribution is 8.00. The third-order valence-electron chi connectivity index (χ3n) is 5.11. The third-order valence-corrected chi connectivity index (χ3v) is 6.40. The van der Waals surface area contributed by atoms with Gasteiger partial charge in [0.1, 0.15) is 12.1 Å². The second-order valence-corrected chi connectivity index (χ2v) is 9.06. The summed E-state index contributed by atoms with van der Waals surface area (Å²) in [5, 5.41) is 43.6. The lowest BCUT2D eigenvalue weighted by atomic mass is 9.80.